The van der Waals surface area contributed by atoms with Gasteiger partial charge in [-0.05, 0) is 54.2 Å². The van der Waals surface area contributed by atoms with Gasteiger partial charge in [-0.2, -0.15) is 18.2 Å². The number of piperidine rings is 1. The largest absolute Gasteiger partial charge is 0.437 e. The first-order valence-electron chi connectivity index (χ1n) is 15.4. The number of alkyl halides is 3. The summed E-state index contributed by atoms with van der Waals surface area (Å²) in [6.07, 6.45) is -2.62. The smallest absolute Gasteiger partial charge is 0.420 e. The van der Waals surface area contributed by atoms with Gasteiger partial charge in [0.05, 0.1) is 6.42 Å². The molecular weight excluding hydrogens is 621 g/mol. The van der Waals surface area contributed by atoms with Crippen LogP contribution < -0.4 is 9.80 Å². The third kappa shape index (κ3) is 7.44. The minimum Gasteiger partial charge on any atom is -0.420 e. The molecule has 0 aliphatic carbocycles. The molecule has 2 aliphatic rings. The zero-order valence-corrected chi connectivity index (χ0v) is 25.3. The number of aromatic nitrogens is 2. The van der Waals surface area contributed by atoms with Gasteiger partial charge < -0.3 is 19.1 Å². The fraction of sp³-hybridized carbons (Fsp3) is 0.353. The number of Topliss-reactive ketones (excluding diaryl/α,β-unsaturated/α-hetero) is 1. The molecule has 246 valence electrons. The summed E-state index contributed by atoms with van der Waals surface area (Å²) in [5.74, 6) is -2.39. The lowest BCUT2D eigenvalue weighted by molar-refractivity contribution is -0.141. The quantitative estimate of drug-likeness (QED) is 0.169. The van der Waals surface area contributed by atoms with Crippen molar-refractivity contribution in [3.63, 3.8) is 0 Å². The van der Waals surface area contributed by atoms with Crippen LogP contribution in [0.2, 0.25) is 0 Å². The topological polar surface area (TPSA) is 82.8 Å². The standard InChI is InChI=1S/C34H32F5N5O3/c35-26-7-8-27(36)25(19-26)20-30(46)43-16-14-42(15-17-43)29-9-6-22(21-40-29)18-28(45)31-32(34(37,38)39)41-33(47-31)44-12-10-24(11-13-44)23-4-2-1-3-5-23/h1-9,19,21,24H,10-18,20H2. The average molecular weight is 654 g/mol. The summed E-state index contributed by atoms with van der Waals surface area (Å²) in [6, 6.07) is 16.0. The molecule has 2 saturated heterocycles. The van der Waals surface area contributed by atoms with Crippen LogP contribution in [0.1, 0.15) is 51.7 Å². The maximum atomic E-state index is 14.0. The highest BCUT2D eigenvalue weighted by atomic mass is 19.4. The molecule has 4 heterocycles. The average Bonchev–Trinajstić information content (AvgIpc) is 3.54. The van der Waals surface area contributed by atoms with Crippen LogP contribution in [0.4, 0.5) is 33.8 Å². The number of pyridine rings is 1. The number of hydrogen-bond donors (Lipinski definition) is 0. The van der Waals surface area contributed by atoms with Gasteiger partial charge in [0.25, 0.3) is 6.01 Å². The number of halogens is 5. The number of carbonyl (C=O) groups excluding carboxylic acids is 2. The van der Waals surface area contributed by atoms with Crippen LogP contribution in [0.5, 0.6) is 0 Å². The summed E-state index contributed by atoms with van der Waals surface area (Å²) in [6.45, 7) is 2.45. The molecule has 13 heteroatoms. The molecule has 0 spiro atoms. The minimum absolute atomic E-state index is 0.00314. The fourth-order valence-corrected chi connectivity index (χ4v) is 6.07. The molecule has 2 aromatic heterocycles. The zero-order chi connectivity index (χ0) is 33.1. The molecule has 2 aromatic carbocycles. The van der Waals surface area contributed by atoms with Gasteiger partial charge in [-0.15, -0.1) is 0 Å². The van der Waals surface area contributed by atoms with Crippen LogP contribution in [-0.4, -0.2) is 65.8 Å². The first kappa shape index (κ1) is 32.1. The first-order chi connectivity index (χ1) is 22.5. The Hall–Kier alpha value is -4.81. The molecule has 1 amide bonds. The fourth-order valence-electron chi connectivity index (χ4n) is 6.07. The summed E-state index contributed by atoms with van der Waals surface area (Å²) < 4.78 is 74.7. The number of rotatable bonds is 8. The van der Waals surface area contributed by atoms with Crippen molar-refractivity contribution in [2.24, 2.45) is 0 Å². The van der Waals surface area contributed by atoms with E-state index in [2.05, 4.69) is 9.97 Å². The van der Waals surface area contributed by atoms with E-state index in [1.165, 1.54) is 11.8 Å². The number of oxazole rings is 1. The molecule has 2 aliphatic heterocycles. The maximum Gasteiger partial charge on any atom is 0.437 e. The van der Waals surface area contributed by atoms with Gasteiger partial charge in [-0.3, -0.25) is 9.59 Å². The van der Waals surface area contributed by atoms with Crippen molar-refractivity contribution < 1.29 is 36.0 Å². The number of benzene rings is 2. The number of hydrogen-bond acceptors (Lipinski definition) is 7. The summed E-state index contributed by atoms with van der Waals surface area (Å²) in [5.41, 5.74) is 0.245. The molecule has 0 atom stereocenters. The number of amides is 1. The van der Waals surface area contributed by atoms with Crippen molar-refractivity contribution in [2.45, 2.75) is 37.8 Å². The predicted octanol–water partition coefficient (Wildman–Crippen LogP) is 6.07. The second kappa shape index (κ2) is 13.5. The molecule has 0 bridgehead atoms. The molecule has 0 N–H and O–H groups in total. The van der Waals surface area contributed by atoms with Gasteiger partial charge in [0.2, 0.25) is 17.5 Å². The number of piperazine rings is 1. The molecule has 0 unspecified atom stereocenters. The van der Waals surface area contributed by atoms with E-state index in [9.17, 15) is 31.5 Å². The van der Waals surface area contributed by atoms with E-state index in [4.69, 9.17) is 4.42 Å². The SMILES string of the molecule is O=C(Cc1ccc(N2CCN(C(=O)Cc3cc(F)ccc3F)CC2)nc1)c1oc(N2CCC(c3ccccc3)CC2)nc1C(F)(F)F. The van der Waals surface area contributed by atoms with Gasteiger partial charge >= 0.3 is 6.18 Å². The molecule has 6 rings (SSSR count). The van der Waals surface area contributed by atoms with Crippen molar-refractivity contribution in [1.82, 2.24) is 14.9 Å². The monoisotopic (exact) mass is 653 g/mol. The summed E-state index contributed by atoms with van der Waals surface area (Å²) in [4.78, 5) is 39.0. The van der Waals surface area contributed by atoms with Crippen LogP contribution >= 0.6 is 0 Å². The first-order valence-corrected chi connectivity index (χ1v) is 15.4. The van der Waals surface area contributed by atoms with Crippen LogP contribution in [0.15, 0.2) is 71.3 Å². The second-order valence-corrected chi connectivity index (χ2v) is 11.7. The zero-order valence-electron chi connectivity index (χ0n) is 25.3. The minimum atomic E-state index is -4.87. The molecule has 47 heavy (non-hydrogen) atoms. The van der Waals surface area contributed by atoms with Crippen LogP contribution in [0, 0.1) is 11.6 Å². The number of ketones is 1. The van der Waals surface area contributed by atoms with E-state index in [1.807, 2.05) is 35.2 Å². The van der Waals surface area contributed by atoms with E-state index >= 15 is 0 Å². The summed E-state index contributed by atoms with van der Waals surface area (Å²) >= 11 is 0. The molecule has 0 saturated carbocycles. The lowest BCUT2D eigenvalue weighted by Gasteiger charge is -2.35. The van der Waals surface area contributed by atoms with E-state index in [0.717, 1.165) is 31.0 Å². The highest BCUT2D eigenvalue weighted by Crippen LogP contribution is 2.37. The van der Waals surface area contributed by atoms with Crippen molar-refractivity contribution in [3.8, 4) is 0 Å². The van der Waals surface area contributed by atoms with Gasteiger partial charge in [0, 0.05) is 57.4 Å². The van der Waals surface area contributed by atoms with Gasteiger partial charge in [-0.1, -0.05) is 36.4 Å². The van der Waals surface area contributed by atoms with Crippen molar-refractivity contribution in [2.75, 3.05) is 49.1 Å². The number of carbonyl (C=O) groups is 2. The Morgan fingerprint density at radius 1 is 0.851 bits per heavy atom. The van der Waals surface area contributed by atoms with Gasteiger partial charge in [0.15, 0.2) is 5.69 Å². The third-order valence-electron chi connectivity index (χ3n) is 8.65. The molecule has 0 radical (unpaired) electrons. The van der Waals surface area contributed by atoms with E-state index in [0.29, 0.717) is 50.6 Å². The van der Waals surface area contributed by atoms with Crippen LogP contribution in [0.3, 0.4) is 0 Å². The Bertz CT molecular complexity index is 1710. The normalized spacial score (nSPS) is 16.1. The Labute approximate surface area is 267 Å². The number of anilines is 2. The Kier molecular flexibility index (Phi) is 9.24. The van der Waals surface area contributed by atoms with E-state index in [1.54, 1.807) is 21.9 Å². The number of nitrogens with zero attached hydrogens (tertiary/aromatic N) is 5. The summed E-state index contributed by atoms with van der Waals surface area (Å²) in [5, 5.41) is 0. The van der Waals surface area contributed by atoms with Crippen LogP contribution in [-0.2, 0) is 23.8 Å². The molecule has 8 nitrogen and oxygen atoms in total. The second-order valence-electron chi connectivity index (χ2n) is 11.7. The van der Waals surface area contributed by atoms with E-state index < -0.39 is 35.0 Å². The van der Waals surface area contributed by atoms with Crippen LogP contribution in [0.25, 0.3) is 0 Å². The highest BCUT2D eigenvalue weighted by molar-refractivity contribution is 5.96. The Morgan fingerprint density at radius 2 is 1.57 bits per heavy atom. The predicted molar refractivity (Wildman–Crippen MR) is 163 cm³/mol. The van der Waals surface area contributed by atoms with Crippen molar-refractivity contribution in [1.29, 1.82) is 0 Å². The molecule has 2 fully saturated rings. The van der Waals surface area contributed by atoms with Crippen molar-refractivity contribution in [3.05, 3.63) is 107 Å². The lowest BCUT2D eigenvalue weighted by atomic mass is 9.90. The molecule has 4 aromatic rings. The highest BCUT2D eigenvalue weighted by Gasteiger charge is 2.42. The van der Waals surface area contributed by atoms with Crippen molar-refractivity contribution >= 4 is 23.5 Å². The maximum absolute atomic E-state index is 14.0. The lowest BCUT2D eigenvalue weighted by Crippen LogP contribution is -2.49. The summed E-state index contributed by atoms with van der Waals surface area (Å²) in [7, 11) is 0. The third-order valence-corrected chi connectivity index (χ3v) is 8.65. The Morgan fingerprint density at radius 3 is 2.23 bits per heavy atom. The van der Waals surface area contributed by atoms with Gasteiger partial charge in [0.1, 0.15) is 17.5 Å². The van der Waals surface area contributed by atoms with Gasteiger partial charge in [-0.25, -0.2) is 13.8 Å². The van der Waals surface area contributed by atoms with E-state index in [-0.39, 0.29) is 36.2 Å². The Balaban J connectivity index is 1.05. The molecular formula is C34H32F5N5O3.